The van der Waals surface area contributed by atoms with E-state index < -0.39 is 20.1 Å². The number of aromatic amines is 1. The first-order valence-corrected chi connectivity index (χ1v) is 6.99. The molecule has 0 radical (unpaired) electrons. The van der Waals surface area contributed by atoms with Crippen molar-refractivity contribution in [2.45, 2.75) is 12.5 Å². The van der Waals surface area contributed by atoms with Gasteiger partial charge in [-0.1, -0.05) is 26.3 Å². The molecule has 0 saturated carbocycles. The van der Waals surface area contributed by atoms with E-state index in [9.17, 15) is 19.5 Å². The molecule has 0 amide bonds. The van der Waals surface area contributed by atoms with E-state index in [0.717, 1.165) is 10.9 Å². The zero-order valence-corrected chi connectivity index (χ0v) is 10.6. The molecule has 2 aromatic rings. The van der Waals surface area contributed by atoms with E-state index in [-0.39, 0.29) is 6.42 Å². The summed E-state index contributed by atoms with van der Waals surface area (Å²) in [5.74, 6) is -1.39. The Morgan fingerprint density at radius 1 is 1.37 bits per heavy atom. The molecule has 0 saturated heterocycles. The van der Waals surface area contributed by atoms with Gasteiger partial charge in [-0.05, 0) is 11.6 Å². The van der Waals surface area contributed by atoms with Crippen molar-refractivity contribution in [2.75, 3.05) is 0 Å². The Morgan fingerprint density at radius 2 is 2.05 bits per heavy atom. The fourth-order valence-electron chi connectivity index (χ4n) is 1.90. The molecule has 0 spiro atoms. The van der Waals surface area contributed by atoms with Crippen molar-refractivity contribution in [2.24, 2.45) is 0 Å². The zero-order valence-electron chi connectivity index (χ0n) is 9.70. The van der Waals surface area contributed by atoms with Crippen LogP contribution in [0.3, 0.4) is 0 Å². The van der Waals surface area contributed by atoms with Crippen LogP contribution in [-0.4, -0.2) is 22.1 Å². The molecule has 1 aromatic heterocycles. The molecule has 8 heteroatoms. The highest BCUT2D eigenvalue weighted by atomic mass is 31.2. The molecule has 19 heavy (non-hydrogen) atoms. The molecule has 0 bridgehead atoms. The van der Waals surface area contributed by atoms with Gasteiger partial charge in [0.1, 0.15) is 6.04 Å². The van der Waals surface area contributed by atoms with Gasteiger partial charge in [-0.25, -0.2) is 0 Å². The summed E-state index contributed by atoms with van der Waals surface area (Å²) >= 11 is 0. The van der Waals surface area contributed by atoms with Crippen LogP contribution >= 0.6 is 8.09 Å². The lowest BCUT2D eigenvalue weighted by Gasteiger charge is -2.42. The van der Waals surface area contributed by atoms with Gasteiger partial charge in [-0.3, -0.25) is 4.79 Å². The van der Waals surface area contributed by atoms with Crippen molar-refractivity contribution in [1.29, 1.82) is 0 Å². The second-order valence-electron chi connectivity index (χ2n) is 4.08. The average molecular weight is 282 g/mol. The number of fused-ring (bicyclic) bond motifs is 1. The van der Waals surface area contributed by atoms with Gasteiger partial charge >= 0.3 is 5.97 Å². The maximum Gasteiger partial charge on any atom is 0.324 e. The molecule has 7 nitrogen and oxygen atoms in total. The van der Waals surface area contributed by atoms with Gasteiger partial charge in [0.05, 0.1) is 0 Å². The SMILES string of the molecule is O=C(O)[C@H](Cc1c[nH]c2ccccc12)N[P+]([O-])([O-])[O-]. The molecule has 0 aliphatic rings. The van der Waals surface area contributed by atoms with Crippen molar-refractivity contribution in [3.05, 3.63) is 36.0 Å². The summed E-state index contributed by atoms with van der Waals surface area (Å²) in [4.78, 5) is 45.8. The van der Waals surface area contributed by atoms with Crippen LogP contribution in [0.15, 0.2) is 30.5 Å². The third-order valence-corrected chi connectivity index (χ3v) is 3.34. The van der Waals surface area contributed by atoms with Gasteiger partial charge in [0.15, 0.2) is 0 Å². The van der Waals surface area contributed by atoms with E-state index in [4.69, 9.17) is 5.11 Å². The fourth-order valence-corrected chi connectivity index (χ4v) is 2.48. The third-order valence-electron chi connectivity index (χ3n) is 2.71. The first-order chi connectivity index (χ1) is 8.87. The minimum absolute atomic E-state index is 0.103. The number of carboxylic acid groups (broad SMARTS) is 1. The van der Waals surface area contributed by atoms with Gasteiger partial charge < -0.3 is 24.8 Å². The maximum atomic E-state index is 11.0. The summed E-state index contributed by atoms with van der Waals surface area (Å²) < 4.78 is 0. The number of aliphatic carboxylic acids is 1. The van der Waals surface area contributed by atoms with Crippen molar-refractivity contribution in [1.82, 2.24) is 10.1 Å². The maximum absolute atomic E-state index is 11.0. The molecule has 3 N–H and O–H groups in total. The number of carboxylic acids is 1. The van der Waals surface area contributed by atoms with Crippen LogP contribution in [-0.2, 0) is 11.2 Å². The molecule has 1 aromatic carbocycles. The number of H-pyrrole nitrogens is 1. The predicted molar refractivity (Wildman–Crippen MR) is 63.5 cm³/mol. The second-order valence-corrected chi connectivity index (χ2v) is 5.33. The molecule has 1 atom stereocenters. The van der Waals surface area contributed by atoms with Gasteiger partial charge in [0.25, 0.3) is 0 Å². The molecule has 2 rings (SSSR count). The van der Waals surface area contributed by atoms with Crippen LogP contribution < -0.4 is 19.8 Å². The van der Waals surface area contributed by atoms with Gasteiger partial charge in [-0.2, -0.15) is 5.09 Å². The smallest absolute Gasteiger partial charge is 0.324 e. The van der Waals surface area contributed by atoms with Crippen LogP contribution in [0.1, 0.15) is 5.56 Å². The van der Waals surface area contributed by atoms with Crippen molar-refractivity contribution < 1.29 is 24.6 Å². The second kappa shape index (κ2) is 5.24. The van der Waals surface area contributed by atoms with E-state index in [1.54, 1.807) is 23.4 Å². The summed E-state index contributed by atoms with van der Waals surface area (Å²) in [6, 6.07) is 5.73. The molecular weight excluding hydrogens is 271 g/mol. The molecule has 0 unspecified atom stereocenters. The Hall–Kier alpha value is -1.50. The Kier molecular flexibility index (Phi) is 3.84. The highest BCUT2D eigenvalue weighted by Gasteiger charge is 2.22. The summed E-state index contributed by atoms with van der Waals surface area (Å²) in [6.07, 6.45) is 1.50. The standard InChI is InChI=1S/C11H13N2O5P/c14-11(15)10(13-19(16,17)18)5-7-6-12-9-4-2-1-3-8(7)9/h1-4,6,10,12H,5H2,(H,14,15)(H3,13,16,17,18)/p-2/t10-/m0/s1. The first kappa shape index (κ1) is 13.9. The highest BCUT2D eigenvalue weighted by Crippen LogP contribution is 2.25. The minimum Gasteiger partial charge on any atom is -0.673 e. The number of nitrogens with one attached hydrogen (secondary N) is 2. The highest BCUT2D eigenvalue weighted by molar-refractivity contribution is 7.52. The normalized spacial score (nSPS) is 13.6. The van der Waals surface area contributed by atoms with Crippen molar-refractivity contribution in [3.63, 3.8) is 0 Å². The largest absolute Gasteiger partial charge is 0.673 e. The lowest BCUT2D eigenvalue weighted by atomic mass is 10.1. The van der Waals surface area contributed by atoms with Crippen LogP contribution in [0.25, 0.3) is 10.9 Å². The Morgan fingerprint density at radius 3 is 2.68 bits per heavy atom. The molecule has 0 aliphatic heterocycles. The quantitative estimate of drug-likeness (QED) is 0.572. The lowest BCUT2D eigenvalue weighted by molar-refractivity contribution is -0.433. The summed E-state index contributed by atoms with van der Waals surface area (Å²) in [7, 11) is -5.10. The summed E-state index contributed by atoms with van der Waals surface area (Å²) in [6.45, 7) is 0. The minimum atomic E-state index is -5.10. The van der Waals surface area contributed by atoms with E-state index in [1.807, 2.05) is 12.1 Å². The van der Waals surface area contributed by atoms with Gasteiger partial charge in [0, 0.05) is 23.5 Å². The van der Waals surface area contributed by atoms with Crippen molar-refractivity contribution in [3.8, 4) is 0 Å². The molecular formula is C11H11N2O5P-2. The average Bonchev–Trinajstić information content (AvgIpc) is 2.70. The van der Waals surface area contributed by atoms with Crippen LogP contribution in [0.4, 0.5) is 0 Å². The van der Waals surface area contributed by atoms with E-state index in [0.29, 0.717) is 5.56 Å². The van der Waals surface area contributed by atoms with Crippen LogP contribution in [0.5, 0.6) is 0 Å². The fraction of sp³-hybridized carbons (Fsp3) is 0.182. The van der Waals surface area contributed by atoms with Crippen LogP contribution in [0.2, 0.25) is 0 Å². The number of hydrogen-bond acceptors (Lipinski definition) is 5. The van der Waals surface area contributed by atoms with Gasteiger partial charge in [0.2, 0.25) is 0 Å². The number of rotatable bonds is 5. The molecule has 0 fully saturated rings. The number of benzene rings is 1. The Labute approximate surface area is 109 Å². The predicted octanol–water partition coefficient (Wildman–Crippen LogP) is -1.49. The van der Waals surface area contributed by atoms with Gasteiger partial charge in [-0.15, -0.1) is 0 Å². The van der Waals surface area contributed by atoms with Crippen LogP contribution in [0, 0.1) is 0 Å². The summed E-state index contributed by atoms with van der Waals surface area (Å²) in [5, 5.41) is 11.3. The van der Waals surface area contributed by atoms with E-state index in [1.165, 1.54) is 0 Å². The zero-order chi connectivity index (χ0) is 14.0. The number of hydrogen-bond donors (Lipinski definition) is 3. The lowest BCUT2D eigenvalue weighted by Crippen LogP contribution is -2.50. The molecule has 102 valence electrons. The monoisotopic (exact) mass is 282 g/mol. The first-order valence-electron chi connectivity index (χ1n) is 5.44. The Bertz CT molecular complexity index is 592. The number of carbonyl (C=O) groups is 1. The summed E-state index contributed by atoms with van der Waals surface area (Å²) in [5.41, 5.74) is 1.44. The topological polar surface area (TPSA) is 134 Å². The number of para-hydroxylation sites is 1. The Balaban J connectivity index is 2.24. The molecule has 0 aliphatic carbocycles. The number of aromatic nitrogens is 1. The third kappa shape index (κ3) is 3.50. The van der Waals surface area contributed by atoms with E-state index in [2.05, 4.69) is 4.98 Å². The van der Waals surface area contributed by atoms with E-state index >= 15 is 0 Å². The van der Waals surface area contributed by atoms with Crippen molar-refractivity contribution >= 4 is 25.0 Å². The molecule has 1 heterocycles.